The zero-order valence-corrected chi connectivity index (χ0v) is 22.8. The number of phenols is 1. The van der Waals surface area contributed by atoms with Gasteiger partial charge in [-0.2, -0.15) is 0 Å². The summed E-state index contributed by atoms with van der Waals surface area (Å²) in [5.74, 6) is -2.54. The maximum absolute atomic E-state index is 14.0. The molecule has 4 aromatic rings. The topological polar surface area (TPSA) is 106 Å². The van der Waals surface area contributed by atoms with Crippen LogP contribution in [0.2, 0.25) is 0 Å². The van der Waals surface area contributed by atoms with Gasteiger partial charge in [0.05, 0.1) is 12.6 Å². The summed E-state index contributed by atoms with van der Waals surface area (Å²) in [5.41, 5.74) is 3.20. The van der Waals surface area contributed by atoms with Gasteiger partial charge in [0.25, 0.3) is 5.91 Å². The molecule has 0 spiro atoms. The first-order valence-corrected chi connectivity index (χ1v) is 13.4. The first kappa shape index (κ1) is 27.6. The lowest BCUT2D eigenvalue weighted by atomic mass is 9.85. The summed E-state index contributed by atoms with van der Waals surface area (Å²) in [6, 6.07) is 22.1. The van der Waals surface area contributed by atoms with E-state index in [2.05, 4.69) is 4.98 Å². The number of carbonyl (C=O) groups excluding carboxylic acids is 3. The van der Waals surface area contributed by atoms with Gasteiger partial charge in [-0.15, -0.1) is 0 Å². The Morgan fingerprint density at radius 1 is 0.951 bits per heavy atom. The molecule has 0 bridgehead atoms. The number of carbonyl (C=O) groups is 3. The highest BCUT2D eigenvalue weighted by Crippen LogP contribution is 2.42. The smallest absolute Gasteiger partial charge is 0.291 e. The van der Waals surface area contributed by atoms with Crippen LogP contribution in [0, 0.1) is 12.8 Å². The molecule has 5 rings (SSSR count). The molecular formula is C33H30N2O6. The van der Waals surface area contributed by atoms with E-state index in [1.165, 1.54) is 11.0 Å². The van der Waals surface area contributed by atoms with Crippen molar-refractivity contribution < 1.29 is 29.0 Å². The molecule has 1 N–H and O–H groups in total. The maximum atomic E-state index is 14.0. The highest BCUT2D eigenvalue weighted by Gasteiger charge is 2.52. The maximum Gasteiger partial charge on any atom is 0.291 e. The average molecular weight is 551 g/mol. The Balaban J connectivity index is 1.49. The Morgan fingerprint density at radius 2 is 1.73 bits per heavy atom. The molecule has 8 heteroatoms. The van der Waals surface area contributed by atoms with Crippen LogP contribution in [0.4, 0.5) is 0 Å². The number of aromatic nitrogens is 1. The molecule has 208 valence electrons. The lowest BCUT2D eigenvalue weighted by Gasteiger charge is -2.28. The van der Waals surface area contributed by atoms with E-state index in [1.54, 1.807) is 68.7 Å². The summed E-state index contributed by atoms with van der Waals surface area (Å²) >= 11 is 0. The number of aryl methyl sites for hydroxylation is 1. The molecule has 0 aliphatic carbocycles. The summed E-state index contributed by atoms with van der Waals surface area (Å²) in [5, 5.41) is 10.3. The zero-order chi connectivity index (χ0) is 28.9. The first-order valence-electron chi connectivity index (χ1n) is 13.4. The molecule has 3 aromatic carbocycles. The Hall–Kier alpha value is -4.98. The summed E-state index contributed by atoms with van der Waals surface area (Å²) in [4.78, 5) is 46.4. The van der Waals surface area contributed by atoms with Crippen LogP contribution in [0.1, 0.15) is 45.6 Å². The summed E-state index contributed by atoms with van der Waals surface area (Å²) in [7, 11) is 0. The van der Waals surface area contributed by atoms with Crippen LogP contribution in [0.3, 0.4) is 0 Å². The standard InChI is InChI=1S/C33H30N2O6/c1-3-40-28-17-24(11-14-27(28)36)30-29(32(38)33(39)35(30)19-23-10-7-15-34-18-23)31(37)26-13-12-25(16-21(26)2)41-20-22-8-5-4-6-9-22/h4-18,29-30,36H,3,19-20H2,1-2H3. The van der Waals surface area contributed by atoms with Crippen LogP contribution < -0.4 is 9.47 Å². The number of hydrogen-bond acceptors (Lipinski definition) is 7. The summed E-state index contributed by atoms with van der Waals surface area (Å²) in [6.07, 6.45) is 3.24. The molecule has 8 nitrogen and oxygen atoms in total. The van der Waals surface area contributed by atoms with Crippen LogP contribution in [-0.4, -0.2) is 39.1 Å². The third kappa shape index (κ3) is 5.82. The molecule has 1 amide bonds. The Bertz CT molecular complexity index is 1570. The van der Waals surface area contributed by atoms with Gasteiger partial charge in [-0.25, -0.2) is 0 Å². The van der Waals surface area contributed by atoms with Crippen molar-refractivity contribution in [3.05, 3.63) is 119 Å². The molecule has 2 heterocycles. The third-order valence-electron chi connectivity index (χ3n) is 7.10. The zero-order valence-electron chi connectivity index (χ0n) is 22.8. The number of ketones is 2. The van der Waals surface area contributed by atoms with Crippen molar-refractivity contribution in [2.24, 2.45) is 5.92 Å². The van der Waals surface area contributed by atoms with E-state index >= 15 is 0 Å². The normalized spacial score (nSPS) is 16.6. The Labute approximate surface area is 238 Å². The largest absolute Gasteiger partial charge is 0.504 e. The van der Waals surface area contributed by atoms with Gasteiger partial charge in [0, 0.05) is 24.5 Å². The number of phenolic OH excluding ortho intramolecular Hbond substituents is 1. The van der Waals surface area contributed by atoms with Crippen molar-refractivity contribution in [3.8, 4) is 17.2 Å². The van der Waals surface area contributed by atoms with Gasteiger partial charge in [-0.3, -0.25) is 19.4 Å². The monoisotopic (exact) mass is 550 g/mol. The summed E-state index contributed by atoms with van der Waals surface area (Å²) in [6.45, 7) is 4.32. The fourth-order valence-electron chi connectivity index (χ4n) is 5.11. The second kappa shape index (κ2) is 12.0. The van der Waals surface area contributed by atoms with Crippen LogP contribution in [0.5, 0.6) is 17.2 Å². The first-order chi connectivity index (χ1) is 19.9. The SMILES string of the molecule is CCOc1cc(C2C(C(=O)c3ccc(OCc4ccccc4)cc3C)C(=O)C(=O)N2Cc2cccnc2)ccc1O. The van der Waals surface area contributed by atoms with E-state index in [1.807, 2.05) is 30.3 Å². The Morgan fingerprint density at radius 3 is 2.44 bits per heavy atom. The van der Waals surface area contributed by atoms with Crippen LogP contribution in [0.15, 0.2) is 91.3 Å². The molecular weight excluding hydrogens is 520 g/mol. The number of pyridine rings is 1. The van der Waals surface area contributed by atoms with E-state index in [9.17, 15) is 19.5 Å². The lowest BCUT2D eigenvalue weighted by Crippen LogP contribution is -2.30. The highest BCUT2D eigenvalue weighted by molar-refractivity contribution is 6.44. The number of amides is 1. The minimum absolute atomic E-state index is 0.0742. The summed E-state index contributed by atoms with van der Waals surface area (Å²) < 4.78 is 11.5. The second-order valence-electron chi connectivity index (χ2n) is 9.86. The number of aromatic hydroxyl groups is 1. The fourth-order valence-corrected chi connectivity index (χ4v) is 5.11. The minimum Gasteiger partial charge on any atom is -0.504 e. The lowest BCUT2D eigenvalue weighted by molar-refractivity contribution is -0.141. The highest BCUT2D eigenvalue weighted by atomic mass is 16.5. The van der Waals surface area contributed by atoms with Crippen molar-refractivity contribution in [2.75, 3.05) is 6.61 Å². The number of likely N-dealkylation sites (tertiary alicyclic amines) is 1. The van der Waals surface area contributed by atoms with Crippen molar-refractivity contribution >= 4 is 17.5 Å². The van der Waals surface area contributed by atoms with Gasteiger partial charge >= 0.3 is 0 Å². The predicted octanol–water partition coefficient (Wildman–Crippen LogP) is 5.23. The third-order valence-corrected chi connectivity index (χ3v) is 7.10. The molecule has 1 aromatic heterocycles. The molecule has 1 aliphatic heterocycles. The molecule has 41 heavy (non-hydrogen) atoms. The van der Waals surface area contributed by atoms with Crippen LogP contribution >= 0.6 is 0 Å². The molecule has 0 radical (unpaired) electrons. The Kier molecular flexibility index (Phi) is 8.10. The van der Waals surface area contributed by atoms with Gasteiger partial charge in [0.15, 0.2) is 17.3 Å². The quantitative estimate of drug-likeness (QED) is 0.164. The predicted molar refractivity (Wildman–Crippen MR) is 152 cm³/mol. The van der Waals surface area contributed by atoms with E-state index < -0.39 is 29.4 Å². The molecule has 1 saturated heterocycles. The molecule has 1 aliphatic rings. The number of nitrogens with zero attached hydrogens (tertiary/aromatic N) is 2. The molecule has 0 saturated carbocycles. The van der Waals surface area contributed by atoms with E-state index in [0.717, 1.165) is 5.56 Å². The van der Waals surface area contributed by atoms with Gasteiger partial charge in [-0.1, -0.05) is 42.5 Å². The van der Waals surface area contributed by atoms with Gasteiger partial charge < -0.3 is 19.5 Å². The molecule has 1 fully saturated rings. The van der Waals surface area contributed by atoms with E-state index in [-0.39, 0.29) is 18.0 Å². The number of hydrogen-bond donors (Lipinski definition) is 1. The van der Waals surface area contributed by atoms with Gasteiger partial charge in [0.1, 0.15) is 18.3 Å². The van der Waals surface area contributed by atoms with E-state index in [0.29, 0.717) is 41.2 Å². The van der Waals surface area contributed by atoms with E-state index in [4.69, 9.17) is 9.47 Å². The van der Waals surface area contributed by atoms with Crippen molar-refractivity contribution in [1.29, 1.82) is 0 Å². The van der Waals surface area contributed by atoms with Crippen molar-refractivity contribution in [2.45, 2.75) is 33.0 Å². The molecule has 2 unspecified atom stereocenters. The minimum atomic E-state index is -1.28. The van der Waals surface area contributed by atoms with Gasteiger partial charge in [0.2, 0.25) is 5.78 Å². The number of Topliss-reactive ketones (excluding diaryl/α,β-unsaturated/α-hetero) is 2. The average Bonchev–Trinajstić information content (AvgIpc) is 3.23. The number of benzene rings is 3. The number of rotatable bonds is 10. The van der Waals surface area contributed by atoms with Crippen LogP contribution in [-0.2, 0) is 22.7 Å². The van der Waals surface area contributed by atoms with Crippen LogP contribution in [0.25, 0.3) is 0 Å². The molecule has 2 atom stereocenters. The number of ether oxygens (including phenoxy) is 2. The van der Waals surface area contributed by atoms with Crippen molar-refractivity contribution in [1.82, 2.24) is 9.88 Å². The fraction of sp³-hybridized carbons (Fsp3) is 0.212. The second-order valence-corrected chi connectivity index (χ2v) is 9.86. The van der Waals surface area contributed by atoms with Crippen molar-refractivity contribution in [3.63, 3.8) is 0 Å². The van der Waals surface area contributed by atoms with Gasteiger partial charge in [-0.05, 0) is 72.5 Å².